The number of hydrogen-bond acceptors (Lipinski definition) is 5. The van der Waals surface area contributed by atoms with Gasteiger partial charge in [0.25, 0.3) is 0 Å². The average Bonchev–Trinajstić information content (AvgIpc) is 2.69. The van der Waals surface area contributed by atoms with Gasteiger partial charge in [-0.1, -0.05) is 18.7 Å². The molecule has 0 fully saturated rings. The SMILES string of the molecule is C=C(C)COc1cccc(NCC(=O)Nc2cccc(OCCOCC)c2)c1. The molecule has 0 unspecified atom stereocenters. The van der Waals surface area contributed by atoms with Gasteiger partial charge in [0.1, 0.15) is 24.7 Å². The minimum Gasteiger partial charge on any atom is -0.491 e. The molecule has 0 saturated heterocycles. The first-order valence-electron chi connectivity index (χ1n) is 9.28. The molecule has 0 aliphatic rings. The number of hydrogen-bond donors (Lipinski definition) is 2. The van der Waals surface area contributed by atoms with E-state index in [0.29, 0.717) is 37.9 Å². The summed E-state index contributed by atoms with van der Waals surface area (Å²) in [6.45, 7) is 9.93. The lowest BCUT2D eigenvalue weighted by molar-refractivity contribution is -0.114. The Morgan fingerprint density at radius 2 is 1.68 bits per heavy atom. The van der Waals surface area contributed by atoms with Crippen molar-refractivity contribution in [1.29, 1.82) is 0 Å². The number of anilines is 2. The Morgan fingerprint density at radius 3 is 2.39 bits per heavy atom. The predicted molar refractivity (Wildman–Crippen MR) is 112 cm³/mol. The van der Waals surface area contributed by atoms with Gasteiger partial charge in [-0.05, 0) is 43.7 Å². The molecule has 6 nitrogen and oxygen atoms in total. The summed E-state index contributed by atoms with van der Waals surface area (Å²) in [5.74, 6) is 1.26. The molecule has 2 aromatic rings. The third kappa shape index (κ3) is 8.14. The molecule has 6 heteroatoms. The van der Waals surface area contributed by atoms with Gasteiger partial charge < -0.3 is 24.8 Å². The van der Waals surface area contributed by atoms with Gasteiger partial charge in [0.15, 0.2) is 0 Å². The van der Waals surface area contributed by atoms with Crippen LogP contribution in [0, 0.1) is 0 Å². The fourth-order valence-corrected chi connectivity index (χ4v) is 2.32. The van der Waals surface area contributed by atoms with Crippen molar-refractivity contribution in [2.45, 2.75) is 13.8 Å². The molecule has 1 amide bonds. The Morgan fingerprint density at radius 1 is 1.00 bits per heavy atom. The van der Waals surface area contributed by atoms with Gasteiger partial charge in [0.05, 0.1) is 13.2 Å². The van der Waals surface area contributed by atoms with E-state index in [1.165, 1.54) is 0 Å². The van der Waals surface area contributed by atoms with E-state index < -0.39 is 0 Å². The third-order valence-corrected chi connectivity index (χ3v) is 3.59. The molecule has 2 N–H and O–H groups in total. The first kappa shape index (κ1) is 21.3. The molecule has 28 heavy (non-hydrogen) atoms. The van der Waals surface area contributed by atoms with Crippen molar-refractivity contribution in [2.24, 2.45) is 0 Å². The molecular weight excluding hydrogens is 356 g/mol. The molecule has 0 saturated carbocycles. The monoisotopic (exact) mass is 384 g/mol. The maximum absolute atomic E-state index is 12.2. The van der Waals surface area contributed by atoms with Gasteiger partial charge in [-0.3, -0.25) is 4.79 Å². The summed E-state index contributed by atoms with van der Waals surface area (Å²) in [6, 6.07) is 14.8. The zero-order valence-corrected chi connectivity index (χ0v) is 16.5. The average molecular weight is 384 g/mol. The standard InChI is InChI=1S/C22H28N2O4/c1-4-26-11-12-27-20-9-6-8-19(14-20)24-22(25)15-23-18-7-5-10-21(13-18)28-16-17(2)3/h5-10,13-14,23H,2,4,11-12,15-16H2,1,3H3,(H,24,25). The van der Waals surface area contributed by atoms with Gasteiger partial charge in [0, 0.05) is 30.1 Å². The van der Waals surface area contributed by atoms with Crippen LogP contribution in [0.15, 0.2) is 60.7 Å². The number of carbonyl (C=O) groups excluding carboxylic acids is 1. The van der Waals surface area contributed by atoms with Crippen molar-refractivity contribution in [3.8, 4) is 11.5 Å². The van der Waals surface area contributed by atoms with E-state index in [9.17, 15) is 4.79 Å². The highest BCUT2D eigenvalue weighted by molar-refractivity contribution is 5.93. The van der Waals surface area contributed by atoms with Crippen LogP contribution in [0.25, 0.3) is 0 Å². The van der Waals surface area contributed by atoms with Crippen LogP contribution in [0.3, 0.4) is 0 Å². The fourth-order valence-electron chi connectivity index (χ4n) is 2.32. The van der Waals surface area contributed by atoms with Crippen LogP contribution in [-0.2, 0) is 9.53 Å². The third-order valence-electron chi connectivity index (χ3n) is 3.59. The Kier molecular flexibility index (Phi) is 8.88. The van der Waals surface area contributed by atoms with Crippen molar-refractivity contribution in [2.75, 3.05) is 43.6 Å². The topological polar surface area (TPSA) is 68.8 Å². The number of amides is 1. The van der Waals surface area contributed by atoms with E-state index in [1.807, 2.05) is 56.3 Å². The summed E-state index contributed by atoms with van der Waals surface area (Å²) >= 11 is 0. The quantitative estimate of drug-likeness (QED) is 0.426. The highest BCUT2D eigenvalue weighted by Crippen LogP contribution is 2.19. The molecule has 2 rings (SSSR count). The molecule has 0 atom stereocenters. The summed E-state index contributed by atoms with van der Waals surface area (Å²) in [7, 11) is 0. The van der Waals surface area contributed by atoms with Crippen LogP contribution in [0.4, 0.5) is 11.4 Å². The van der Waals surface area contributed by atoms with Crippen molar-refractivity contribution in [3.63, 3.8) is 0 Å². The van der Waals surface area contributed by atoms with E-state index in [1.54, 1.807) is 6.07 Å². The lowest BCUT2D eigenvalue weighted by Crippen LogP contribution is -2.21. The van der Waals surface area contributed by atoms with Gasteiger partial charge in [0.2, 0.25) is 5.91 Å². The van der Waals surface area contributed by atoms with E-state index in [-0.39, 0.29) is 12.5 Å². The first-order valence-corrected chi connectivity index (χ1v) is 9.28. The highest BCUT2D eigenvalue weighted by Gasteiger charge is 2.05. The minimum absolute atomic E-state index is 0.138. The number of ether oxygens (including phenoxy) is 3. The summed E-state index contributed by atoms with van der Waals surface area (Å²) in [4.78, 5) is 12.2. The van der Waals surface area contributed by atoms with E-state index >= 15 is 0 Å². The molecule has 0 radical (unpaired) electrons. The fraction of sp³-hybridized carbons (Fsp3) is 0.318. The highest BCUT2D eigenvalue weighted by atomic mass is 16.5. The van der Waals surface area contributed by atoms with Gasteiger partial charge in [-0.15, -0.1) is 0 Å². The van der Waals surface area contributed by atoms with Crippen LogP contribution >= 0.6 is 0 Å². The number of carbonyl (C=O) groups is 1. The van der Waals surface area contributed by atoms with Crippen molar-refractivity contribution < 1.29 is 19.0 Å². The first-order chi connectivity index (χ1) is 13.6. The summed E-state index contributed by atoms with van der Waals surface area (Å²) < 4.78 is 16.5. The zero-order valence-electron chi connectivity index (χ0n) is 16.5. The molecule has 0 heterocycles. The van der Waals surface area contributed by atoms with Crippen LogP contribution in [0.1, 0.15) is 13.8 Å². The van der Waals surface area contributed by atoms with E-state index in [0.717, 1.165) is 17.0 Å². The van der Waals surface area contributed by atoms with Crippen molar-refractivity contribution in [3.05, 3.63) is 60.7 Å². The minimum atomic E-state index is -0.153. The summed E-state index contributed by atoms with van der Waals surface area (Å²) in [6.07, 6.45) is 0. The van der Waals surface area contributed by atoms with E-state index in [4.69, 9.17) is 14.2 Å². The second-order valence-corrected chi connectivity index (χ2v) is 6.25. The van der Waals surface area contributed by atoms with Crippen LogP contribution < -0.4 is 20.1 Å². The van der Waals surface area contributed by atoms with Crippen molar-refractivity contribution in [1.82, 2.24) is 0 Å². The Balaban J connectivity index is 1.81. The molecule has 0 spiro atoms. The Bertz CT molecular complexity index is 777. The Hall–Kier alpha value is -2.99. The Labute approximate surface area is 166 Å². The molecule has 0 aliphatic carbocycles. The zero-order chi connectivity index (χ0) is 20.2. The summed E-state index contributed by atoms with van der Waals surface area (Å²) in [5, 5.41) is 5.95. The van der Waals surface area contributed by atoms with Crippen molar-refractivity contribution >= 4 is 17.3 Å². The number of rotatable bonds is 12. The number of benzene rings is 2. The predicted octanol–water partition coefficient (Wildman–Crippen LogP) is 4.11. The van der Waals surface area contributed by atoms with Crippen LogP contribution in [0.2, 0.25) is 0 Å². The normalized spacial score (nSPS) is 10.2. The lowest BCUT2D eigenvalue weighted by Gasteiger charge is -2.11. The van der Waals surface area contributed by atoms with Crippen LogP contribution in [0.5, 0.6) is 11.5 Å². The number of nitrogens with one attached hydrogen (secondary N) is 2. The summed E-state index contributed by atoms with van der Waals surface area (Å²) in [5.41, 5.74) is 2.43. The van der Waals surface area contributed by atoms with E-state index in [2.05, 4.69) is 17.2 Å². The van der Waals surface area contributed by atoms with Gasteiger partial charge >= 0.3 is 0 Å². The van der Waals surface area contributed by atoms with Gasteiger partial charge in [-0.2, -0.15) is 0 Å². The molecule has 0 aromatic heterocycles. The maximum atomic E-state index is 12.2. The molecule has 0 aliphatic heterocycles. The smallest absolute Gasteiger partial charge is 0.243 e. The molecule has 2 aromatic carbocycles. The molecule has 0 bridgehead atoms. The molecular formula is C22H28N2O4. The second kappa shape index (κ2) is 11.7. The maximum Gasteiger partial charge on any atom is 0.243 e. The lowest BCUT2D eigenvalue weighted by atomic mass is 10.3. The van der Waals surface area contributed by atoms with Gasteiger partial charge in [-0.25, -0.2) is 0 Å². The second-order valence-electron chi connectivity index (χ2n) is 6.25. The van der Waals surface area contributed by atoms with Crippen LogP contribution in [-0.4, -0.2) is 38.9 Å². The molecule has 150 valence electrons. The largest absolute Gasteiger partial charge is 0.491 e.